The average Bonchev–Trinajstić information content (AvgIpc) is 2.38. The van der Waals surface area contributed by atoms with Crippen molar-refractivity contribution in [2.24, 2.45) is 5.41 Å². The summed E-state index contributed by atoms with van der Waals surface area (Å²) in [5, 5.41) is 0. The molecule has 0 amide bonds. The highest BCUT2D eigenvalue weighted by atomic mass is 16.1. The Morgan fingerprint density at radius 3 is 2.65 bits per heavy atom. The van der Waals surface area contributed by atoms with Crippen LogP contribution >= 0.6 is 0 Å². The number of carbonyl (C=O) groups is 1. The van der Waals surface area contributed by atoms with Crippen LogP contribution in [0.15, 0.2) is 66.8 Å². The van der Waals surface area contributed by atoms with Crippen LogP contribution in [0.3, 0.4) is 0 Å². The molecule has 0 spiro atoms. The van der Waals surface area contributed by atoms with E-state index in [9.17, 15) is 4.79 Å². The quantitative estimate of drug-likeness (QED) is 0.561. The van der Waals surface area contributed by atoms with Gasteiger partial charge in [-0.2, -0.15) is 0 Å². The van der Waals surface area contributed by atoms with Gasteiger partial charge < -0.3 is 0 Å². The van der Waals surface area contributed by atoms with E-state index < -0.39 is 0 Å². The van der Waals surface area contributed by atoms with E-state index in [-0.39, 0.29) is 11.2 Å². The minimum Gasteiger partial charge on any atom is -0.289 e. The predicted molar refractivity (Wildman–Crippen MR) is 70.9 cm³/mol. The minimum absolute atomic E-state index is 0.0286. The van der Waals surface area contributed by atoms with E-state index in [1.807, 2.05) is 48.6 Å². The molecule has 0 saturated carbocycles. The Bertz CT molecular complexity index is 480. The SMILES string of the molecule is CC1(C=CC(=O)c2ccccc2)C=CC=CC1. The van der Waals surface area contributed by atoms with Crippen molar-refractivity contribution in [3.05, 3.63) is 72.4 Å². The molecule has 17 heavy (non-hydrogen) atoms. The Morgan fingerprint density at radius 1 is 1.24 bits per heavy atom. The van der Waals surface area contributed by atoms with Crippen molar-refractivity contribution < 1.29 is 4.79 Å². The molecule has 1 heteroatoms. The van der Waals surface area contributed by atoms with E-state index in [0.29, 0.717) is 0 Å². The first-order valence-electron chi connectivity index (χ1n) is 5.83. The van der Waals surface area contributed by atoms with Gasteiger partial charge in [0, 0.05) is 11.0 Å². The number of ketones is 1. The fourth-order valence-electron chi connectivity index (χ4n) is 1.83. The summed E-state index contributed by atoms with van der Waals surface area (Å²) in [5.41, 5.74) is 0.710. The van der Waals surface area contributed by atoms with E-state index in [2.05, 4.69) is 19.1 Å². The van der Waals surface area contributed by atoms with Gasteiger partial charge in [-0.25, -0.2) is 0 Å². The topological polar surface area (TPSA) is 17.1 Å². The minimum atomic E-state index is -0.0286. The zero-order valence-electron chi connectivity index (χ0n) is 9.97. The molecule has 1 nitrogen and oxygen atoms in total. The molecule has 0 bridgehead atoms. The summed E-state index contributed by atoms with van der Waals surface area (Å²) in [5.74, 6) is 0.0646. The van der Waals surface area contributed by atoms with Gasteiger partial charge in [0.1, 0.15) is 0 Å². The number of hydrogen-bond donors (Lipinski definition) is 0. The molecule has 0 radical (unpaired) electrons. The smallest absolute Gasteiger partial charge is 0.185 e. The van der Waals surface area contributed by atoms with Crippen LogP contribution in [0.25, 0.3) is 0 Å². The monoisotopic (exact) mass is 224 g/mol. The van der Waals surface area contributed by atoms with Crippen LogP contribution in [0, 0.1) is 5.41 Å². The summed E-state index contributed by atoms with van der Waals surface area (Å²) in [4.78, 5) is 11.9. The lowest BCUT2D eigenvalue weighted by atomic mass is 9.83. The highest BCUT2D eigenvalue weighted by Gasteiger charge is 2.17. The first-order valence-corrected chi connectivity index (χ1v) is 5.83. The van der Waals surface area contributed by atoms with Crippen molar-refractivity contribution in [3.8, 4) is 0 Å². The fraction of sp³-hybridized carbons (Fsp3) is 0.188. The van der Waals surface area contributed by atoms with E-state index in [0.717, 1.165) is 12.0 Å². The molecule has 1 aliphatic rings. The molecule has 1 aliphatic carbocycles. The second-order valence-electron chi connectivity index (χ2n) is 4.56. The lowest BCUT2D eigenvalue weighted by molar-refractivity contribution is 0.104. The Kier molecular flexibility index (Phi) is 3.38. The largest absolute Gasteiger partial charge is 0.289 e. The molecule has 0 fully saturated rings. The molecule has 0 aliphatic heterocycles. The molecule has 1 aromatic rings. The zero-order valence-corrected chi connectivity index (χ0v) is 9.97. The first kappa shape index (κ1) is 11.6. The van der Waals surface area contributed by atoms with Crippen LogP contribution in [-0.2, 0) is 0 Å². The van der Waals surface area contributed by atoms with Gasteiger partial charge >= 0.3 is 0 Å². The maximum atomic E-state index is 11.9. The lowest BCUT2D eigenvalue weighted by Gasteiger charge is -2.21. The molecule has 1 aromatic carbocycles. The van der Waals surface area contributed by atoms with Crippen LogP contribution in [0.5, 0.6) is 0 Å². The normalized spacial score (nSPS) is 23.1. The number of benzene rings is 1. The van der Waals surface area contributed by atoms with Crippen LogP contribution in [0.2, 0.25) is 0 Å². The third-order valence-corrected chi connectivity index (χ3v) is 2.96. The molecule has 0 N–H and O–H groups in total. The van der Waals surface area contributed by atoms with Crippen molar-refractivity contribution in [3.63, 3.8) is 0 Å². The molecule has 0 saturated heterocycles. The van der Waals surface area contributed by atoms with E-state index in [1.54, 1.807) is 6.08 Å². The second kappa shape index (κ2) is 4.96. The van der Waals surface area contributed by atoms with Crippen molar-refractivity contribution >= 4 is 5.78 Å². The predicted octanol–water partition coefficient (Wildman–Crippen LogP) is 3.95. The number of carbonyl (C=O) groups excluding carboxylic acids is 1. The summed E-state index contributed by atoms with van der Waals surface area (Å²) < 4.78 is 0. The van der Waals surface area contributed by atoms with Gasteiger partial charge in [-0.3, -0.25) is 4.79 Å². The summed E-state index contributed by atoms with van der Waals surface area (Å²) in [6.07, 6.45) is 12.9. The number of allylic oxidation sites excluding steroid dienone is 6. The Balaban J connectivity index is 2.09. The van der Waals surface area contributed by atoms with Gasteiger partial charge in [0.15, 0.2) is 5.78 Å². The Morgan fingerprint density at radius 2 is 2.00 bits per heavy atom. The van der Waals surface area contributed by atoms with Gasteiger partial charge in [-0.1, -0.05) is 67.6 Å². The Hall–Kier alpha value is -1.89. The van der Waals surface area contributed by atoms with Gasteiger partial charge in [0.2, 0.25) is 0 Å². The maximum Gasteiger partial charge on any atom is 0.185 e. The van der Waals surface area contributed by atoms with Crippen LogP contribution in [0.4, 0.5) is 0 Å². The summed E-state index contributed by atoms with van der Waals surface area (Å²) in [7, 11) is 0. The standard InChI is InChI=1S/C16H16O/c1-16(11-6-3-7-12-16)13-10-15(17)14-8-4-2-5-9-14/h2-11,13H,12H2,1H3. The van der Waals surface area contributed by atoms with Gasteiger partial charge in [-0.05, 0) is 12.5 Å². The van der Waals surface area contributed by atoms with Crippen molar-refractivity contribution in [1.82, 2.24) is 0 Å². The molecule has 0 heterocycles. The van der Waals surface area contributed by atoms with E-state index >= 15 is 0 Å². The molecule has 2 rings (SSSR count). The van der Waals surface area contributed by atoms with Crippen molar-refractivity contribution in [2.75, 3.05) is 0 Å². The van der Waals surface area contributed by atoms with Gasteiger partial charge in [0.05, 0.1) is 0 Å². The summed E-state index contributed by atoms with van der Waals surface area (Å²) >= 11 is 0. The molecule has 86 valence electrons. The molecular weight excluding hydrogens is 208 g/mol. The Labute approximate surface area is 102 Å². The van der Waals surface area contributed by atoms with Crippen LogP contribution in [0.1, 0.15) is 23.7 Å². The van der Waals surface area contributed by atoms with E-state index in [4.69, 9.17) is 0 Å². The average molecular weight is 224 g/mol. The number of rotatable bonds is 3. The third kappa shape index (κ3) is 3.04. The second-order valence-corrected chi connectivity index (χ2v) is 4.56. The van der Waals surface area contributed by atoms with Crippen molar-refractivity contribution in [2.45, 2.75) is 13.3 Å². The zero-order chi connectivity index (χ0) is 12.1. The number of hydrogen-bond acceptors (Lipinski definition) is 1. The van der Waals surface area contributed by atoms with Crippen molar-refractivity contribution in [1.29, 1.82) is 0 Å². The molecule has 1 atom stereocenters. The van der Waals surface area contributed by atoms with Crippen LogP contribution < -0.4 is 0 Å². The lowest BCUT2D eigenvalue weighted by Crippen LogP contribution is -2.10. The van der Waals surface area contributed by atoms with Gasteiger partial charge in [-0.15, -0.1) is 0 Å². The summed E-state index contributed by atoms with van der Waals surface area (Å²) in [6.45, 7) is 2.13. The molecular formula is C16H16O. The maximum absolute atomic E-state index is 11.9. The van der Waals surface area contributed by atoms with Gasteiger partial charge in [0.25, 0.3) is 0 Å². The summed E-state index contributed by atoms with van der Waals surface area (Å²) in [6, 6.07) is 9.35. The first-order chi connectivity index (χ1) is 8.20. The molecule has 1 unspecified atom stereocenters. The third-order valence-electron chi connectivity index (χ3n) is 2.96. The fourth-order valence-corrected chi connectivity index (χ4v) is 1.83. The van der Waals surface area contributed by atoms with E-state index in [1.165, 1.54) is 0 Å². The van der Waals surface area contributed by atoms with Crippen LogP contribution in [-0.4, -0.2) is 5.78 Å². The highest BCUT2D eigenvalue weighted by Crippen LogP contribution is 2.28. The highest BCUT2D eigenvalue weighted by molar-refractivity contribution is 6.04. The molecule has 0 aromatic heterocycles.